The summed E-state index contributed by atoms with van der Waals surface area (Å²) in [5.74, 6) is -1.22. The molecular formula is C34H47FN4O6. The molecule has 2 aromatic rings. The van der Waals surface area contributed by atoms with Crippen molar-refractivity contribution in [2.75, 3.05) is 46.4 Å². The average molecular weight is 627 g/mol. The number of esters is 1. The molecular weight excluding hydrogens is 579 g/mol. The molecule has 0 radical (unpaired) electrons. The predicted octanol–water partition coefficient (Wildman–Crippen LogP) is 4.97. The van der Waals surface area contributed by atoms with Crippen molar-refractivity contribution in [2.45, 2.75) is 77.2 Å². The first-order valence-electron chi connectivity index (χ1n) is 16.2. The van der Waals surface area contributed by atoms with E-state index >= 15 is 4.39 Å². The summed E-state index contributed by atoms with van der Waals surface area (Å²) in [6.07, 6.45) is 7.26. The highest BCUT2D eigenvalue weighted by molar-refractivity contribution is 5.82. The van der Waals surface area contributed by atoms with Gasteiger partial charge in [-0.05, 0) is 74.9 Å². The van der Waals surface area contributed by atoms with Crippen molar-refractivity contribution in [2.24, 2.45) is 11.8 Å². The number of ether oxygens (including phenoxy) is 3. The average Bonchev–Trinajstić information content (AvgIpc) is 3.45. The number of halogens is 1. The smallest absolute Gasteiger partial charge is 0.410 e. The lowest BCUT2D eigenvalue weighted by atomic mass is 9.91. The number of aliphatic hydroxyl groups is 1. The largest absolute Gasteiger partial charge is 0.457 e. The molecule has 0 bridgehead atoms. The monoisotopic (exact) mass is 626 g/mol. The van der Waals surface area contributed by atoms with E-state index in [2.05, 4.69) is 10.00 Å². The quantitative estimate of drug-likeness (QED) is 0.375. The number of benzene rings is 1. The maximum Gasteiger partial charge on any atom is 0.410 e. The first-order valence-corrected chi connectivity index (χ1v) is 16.2. The van der Waals surface area contributed by atoms with Crippen LogP contribution in [0.4, 0.5) is 9.18 Å². The molecule has 5 rings (SSSR count). The van der Waals surface area contributed by atoms with Crippen molar-refractivity contribution >= 4 is 29.0 Å². The highest BCUT2D eigenvalue weighted by atomic mass is 19.1. The molecule has 0 saturated carbocycles. The molecule has 246 valence electrons. The molecule has 11 heteroatoms. The summed E-state index contributed by atoms with van der Waals surface area (Å²) in [5, 5.41) is 15.6. The van der Waals surface area contributed by atoms with Gasteiger partial charge in [0, 0.05) is 45.3 Å². The lowest BCUT2D eigenvalue weighted by molar-refractivity contribution is -0.151. The second-order valence-corrected chi connectivity index (χ2v) is 13.0. The Morgan fingerprint density at radius 2 is 1.82 bits per heavy atom. The Kier molecular flexibility index (Phi) is 10.9. The molecule has 45 heavy (non-hydrogen) atoms. The lowest BCUT2D eigenvalue weighted by Gasteiger charge is -2.33. The molecule has 0 aliphatic carbocycles. The van der Waals surface area contributed by atoms with E-state index in [-0.39, 0.29) is 36.2 Å². The molecule has 1 aromatic heterocycles. The van der Waals surface area contributed by atoms with E-state index in [1.54, 1.807) is 11.1 Å². The number of amides is 1. The molecule has 1 amide bonds. The van der Waals surface area contributed by atoms with Crippen molar-refractivity contribution in [1.29, 1.82) is 0 Å². The number of piperazine rings is 1. The first-order chi connectivity index (χ1) is 21.6. The maximum absolute atomic E-state index is 15.3. The molecule has 0 spiro atoms. The zero-order valence-electron chi connectivity index (χ0n) is 26.9. The normalized spacial score (nSPS) is 29.1. The van der Waals surface area contributed by atoms with Crippen LogP contribution in [0.5, 0.6) is 0 Å². The van der Waals surface area contributed by atoms with Crippen LogP contribution in [0.15, 0.2) is 36.1 Å². The van der Waals surface area contributed by atoms with Crippen LogP contribution in [0.1, 0.15) is 64.5 Å². The molecule has 0 unspecified atom stereocenters. The van der Waals surface area contributed by atoms with Crippen LogP contribution in [-0.4, -0.2) is 102 Å². The minimum Gasteiger partial charge on any atom is -0.457 e. The SMILES string of the molecule is C/C(=C\c1cc(F)c2cnn(C3CCOCC3)c2c1)[C@H]1OC(=O)C[C@H](O)CC[C@H](C)[C@H](OC(=O)N2CCN(C)CC2)/C=C/[C@@H]1C. The number of aliphatic hydroxyl groups excluding tert-OH is 1. The van der Waals surface area contributed by atoms with E-state index < -0.39 is 24.3 Å². The Bertz CT molecular complexity index is 1390. The number of rotatable bonds is 4. The minimum atomic E-state index is -0.875. The van der Waals surface area contributed by atoms with Crippen molar-refractivity contribution in [3.8, 4) is 0 Å². The van der Waals surface area contributed by atoms with Crippen molar-refractivity contribution in [3.63, 3.8) is 0 Å². The highest BCUT2D eigenvalue weighted by Crippen LogP contribution is 2.30. The van der Waals surface area contributed by atoms with Gasteiger partial charge < -0.3 is 29.1 Å². The highest BCUT2D eigenvalue weighted by Gasteiger charge is 2.29. The molecule has 2 saturated heterocycles. The molecule has 5 atom stereocenters. The lowest BCUT2D eigenvalue weighted by Crippen LogP contribution is -2.48. The standard InChI is InChI=1S/C34H47FN4O6/c1-22-5-7-27(40)20-32(41)45-33(23(2)6-8-31(22)44-34(42)38-13-11-37(4)12-14-38)24(3)17-25-18-29(35)28-21-36-39(30(28)19-25)26-9-15-43-16-10-26/h6,8,17-19,21-23,26-27,31,33,40H,5,7,9-16,20H2,1-4H3/b8-6+,24-17+/t22-,23-,27+,31+,33-/m0/s1. The van der Waals surface area contributed by atoms with E-state index in [9.17, 15) is 14.7 Å². The fourth-order valence-electron chi connectivity index (χ4n) is 6.40. The van der Waals surface area contributed by atoms with Crippen LogP contribution in [0.25, 0.3) is 17.0 Å². The van der Waals surface area contributed by atoms with Crippen LogP contribution in [0.3, 0.4) is 0 Å². The zero-order valence-corrected chi connectivity index (χ0v) is 26.9. The van der Waals surface area contributed by atoms with Crippen LogP contribution in [-0.2, 0) is 19.0 Å². The van der Waals surface area contributed by atoms with E-state index in [1.807, 2.05) is 56.8 Å². The van der Waals surface area contributed by atoms with Gasteiger partial charge in [0.15, 0.2) is 0 Å². The molecule has 3 aliphatic heterocycles. The third kappa shape index (κ3) is 8.31. The van der Waals surface area contributed by atoms with E-state index in [0.717, 1.165) is 31.5 Å². The number of hydrogen-bond acceptors (Lipinski definition) is 8. The minimum absolute atomic E-state index is 0.0691. The van der Waals surface area contributed by atoms with Gasteiger partial charge in [-0.2, -0.15) is 5.10 Å². The number of carbonyl (C=O) groups excluding carboxylic acids is 2. The summed E-state index contributed by atoms with van der Waals surface area (Å²) in [6.45, 7) is 9.89. The molecule has 2 fully saturated rings. The Labute approximate surface area is 264 Å². The van der Waals surface area contributed by atoms with Gasteiger partial charge in [0.2, 0.25) is 0 Å². The van der Waals surface area contributed by atoms with Gasteiger partial charge in [0.05, 0.1) is 35.7 Å². The van der Waals surface area contributed by atoms with E-state index in [4.69, 9.17) is 14.2 Å². The summed E-state index contributed by atoms with van der Waals surface area (Å²) < 4.78 is 34.6. The van der Waals surface area contributed by atoms with Gasteiger partial charge in [-0.3, -0.25) is 9.48 Å². The van der Waals surface area contributed by atoms with Crippen molar-refractivity contribution in [3.05, 3.63) is 47.4 Å². The molecule has 4 heterocycles. The third-order valence-electron chi connectivity index (χ3n) is 9.32. The topological polar surface area (TPSA) is 106 Å². The number of cyclic esters (lactones) is 1. The third-order valence-corrected chi connectivity index (χ3v) is 9.32. The number of nitrogens with zero attached hydrogens (tertiary/aromatic N) is 4. The van der Waals surface area contributed by atoms with Gasteiger partial charge in [-0.25, -0.2) is 9.18 Å². The Morgan fingerprint density at radius 1 is 1.09 bits per heavy atom. The van der Waals surface area contributed by atoms with Crippen LogP contribution < -0.4 is 0 Å². The van der Waals surface area contributed by atoms with Crippen LogP contribution >= 0.6 is 0 Å². The summed E-state index contributed by atoms with van der Waals surface area (Å²) in [7, 11) is 2.03. The summed E-state index contributed by atoms with van der Waals surface area (Å²) in [4.78, 5) is 29.9. The van der Waals surface area contributed by atoms with Crippen LogP contribution in [0.2, 0.25) is 0 Å². The van der Waals surface area contributed by atoms with E-state index in [0.29, 0.717) is 55.6 Å². The summed E-state index contributed by atoms with van der Waals surface area (Å²) in [6, 6.07) is 3.53. The number of likely N-dealkylation sites (N-methyl/N-ethyl adjacent to an activating group) is 1. The van der Waals surface area contributed by atoms with Crippen molar-refractivity contribution in [1.82, 2.24) is 19.6 Å². The molecule has 1 N–H and O–H groups in total. The van der Waals surface area contributed by atoms with E-state index in [1.165, 1.54) is 6.07 Å². The van der Waals surface area contributed by atoms with Gasteiger partial charge >= 0.3 is 12.1 Å². The van der Waals surface area contributed by atoms with Crippen LogP contribution in [0, 0.1) is 17.7 Å². The fourth-order valence-corrected chi connectivity index (χ4v) is 6.40. The first kappa shape index (κ1) is 33.1. The zero-order chi connectivity index (χ0) is 32.1. The summed E-state index contributed by atoms with van der Waals surface area (Å²) >= 11 is 0. The van der Waals surface area contributed by atoms with Crippen molar-refractivity contribution < 1.29 is 33.3 Å². The Morgan fingerprint density at radius 3 is 2.56 bits per heavy atom. The number of fused-ring (bicyclic) bond motifs is 1. The predicted molar refractivity (Wildman–Crippen MR) is 169 cm³/mol. The van der Waals surface area contributed by atoms with Gasteiger partial charge in [-0.15, -0.1) is 0 Å². The Balaban J connectivity index is 1.40. The number of carbonyl (C=O) groups is 2. The fraction of sp³-hybridized carbons (Fsp3) is 0.618. The molecule has 1 aromatic carbocycles. The number of hydrogen-bond donors (Lipinski definition) is 1. The van der Waals surface area contributed by atoms with Gasteiger partial charge in [-0.1, -0.05) is 26.0 Å². The van der Waals surface area contributed by atoms with Gasteiger partial charge in [0.25, 0.3) is 0 Å². The molecule has 10 nitrogen and oxygen atoms in total. The maximum atomic E-state index is 15.3. The number of aromatic nitrogens is 2. The van der Waals surface area contributed by atoms with Gasteiger partial charge in [0.1, 0.15) is 18.0 Å². The molecule has 3 aliphatic rings. The second-order valence-electron chi connectivity index (χ2n) is 13.0. The summed E-state index contributed by atoms with van der Waals surface area (Å²) in [5.41, 5.74) is 2.07. The second kappa shape index (κ2) is 14.9. The Hall–Kier alpha value is -3.28.